The second kappa shape index (κ2) is 13.2. The maximum Gasteiger partial charge on any atom is 0.237 e. The Kier molecular flexibility index (Phi) is 11.3. The van der Waals surface area contributed by atoms with Gasteiger partial charge in [-0.05, 0) is 51.3 Å². The first-order valence-corrected chi connectivity index (χ1v) is 12.8. The Morgan fingerprint density at radius 1 is 1.26 bits per heavy atom. The zero-order valence-electron chi connectivity index (χ0n) is 18.2. The first-order valence-electron chi connectivity index (χ1n) is 11.1. The molecule has 8 nitrogen and oxygen atoms in total. The van der Waals surface area contributed by atoms with Crippen LogP contribution in [0.1, 0.15) is 51.9 Å². The van der Waals surface area contributed by atoms with E-state index in [-0.39, 0.29) is 11.9 Å². The number of halogens is 1. The third-order valence-corrected chi connectivity index (χ3v) is 7.40. The topological polar surface area (TPSA) is 135 Å². The van der Waals surface area contributed by atoms with E-state index in [1.54, 1.807) is 13.2 Å². The molecule has 0 aromatic carbocycles. The van der Waals surface area contributed by atoms with Gasteiger partial charge in [0.2, 0.25) is 5.91 Å². The first-order chi connectivity index (χ1) is 14.8. The summed E-state index contributed by atoms with van der Waals surface area (Å²) in [6, 6.07) is 1.08. The van der Waals surface area contributed by atoms with E-state index in [0.717, 1.165) is 38.6 Å². The summed E-state index contributed by atoms with van der Waals surface area (Å²) in [7, 11) is 0. The standard InChI is InChI=1S/C21H36ClN3O5S/c1-12(22)15(19-17(27)16(26)18(28)21(30-19)31-2)25-20(29)14-8-7-13(9-11-24-14)6-4-3-5-10-23/h12-19,21,24,26-28H,3-9,11H2,1-2H3,(H,25,29)/t12-,13-,14-,15?,16-,17+,18+,19+,21+/m0/s1. The van der Waals surface area contributed by atoms with Crippen LogP contribution in [0.4, 0.5) is 0 Å². The van der Waals surface area contributed by atoms with Crippen LogP contribution < -0.4 is 10.6 Å². The quantitative estimate of drug-likeness (QED) is 0.246. The fourth-order valence-corrected chi connectivity index (χ4v) is 5.23. The number of nitrogens with zero attached hydrogens (tertiary/aromatic N) is 1. The molecule has 2 heterocycles. The maximum absolute atomic E-state index is 13.0. The number of amides is 1. The van der Waals surface area contributed by atoms with Crippen LogP contribution in [0.5, 0.6) is 0 Å². The number of nitrogens with one attached hydrogen (secondary N) is 2. The highest BCUT2D eigenvalue weighted by atomic mass is 35.5. The second-order valence-electron chi connectivity index (χ2n) is 8.53. The molecule has 0 aliphatic carbocycles. The number of hydrogen-bond acceptors (Lipinski definition) is 8. The number of alkyl halides is 1. The Morgan fingerprint density at radius 2 is 2.00 bits per heavy atom. The highest BCUT2D eigenvalue weighted by Gasteiger charge is 2.48. The lowest BCUT2D eigenvalue weighted by molar-refractivity contribution is -0.205. The van der Waals surface area contributed by atoms with Crippen molar-refractivity contribution >= 4 is 29.3 Å². The smallest absolute Gasteiger partial charge is 0.237 e. The molecule has 2 fully saturated rings. The molecule has 9 atom stereocenters. The van der Waals surface area contributed by atoms with Crippen LogP contribution in [0.3, 0.4) is 0 Å². The molecule has 1 amide bonds. The summed E-state index contributed by atoms with van der Waals surface area (Å²) in [6.45, 7) is 2.44. The fourth-order valence-electron chi connectivity index (χ4n) is 4.35. The van der Waals surface area contributed by atoms with E-state index < -0.39 is 41.3 Å². The highest BCUT2D eigenvalue weighted by molar-refractivity contribution is 7.99. The van der Waals surface area contributed by atoms with Crippen LogP contribution in [0, 0.1) is 17.2 Å². The van der Waals surface area contributed by atoms with Crippen molar-refractivity contribution in [2.45, 2.75) is 99.2 Å². The van der Waals surface area contributed by atoms with Crippen LogP contribution in [0.2, 0.25) is 0 Å². The summed E-state index contributed by atoms with van der Waals surface area (Å²) in [6.07, 6.45) is 3.04. The number of rotatable bonds is 9. The zero-order valence-corrected chi connectivity index (χ0v) is 19.8. The van der Waals surface area contributed by atoms with Crippen molar-refractivity contribution < 1.29 is 24.9 Å². The summed E-state index contributed by atoms with van der Waals surface area (Å²) in [5.74, 6) is 0.328. The van der Waals surface area contributed by atoms with Crippen LogP contribution >= 0.6 is 23.4 Å². The largest absolute Gasteiger partial charge is 0.388 e. The van der Waals surface area contributed by atoms with Crippen molar-refractivity contribution in [3.05, 3.63) is 0 Å². The number of thioether (sulfide) groups is 1. The van der Waals surface area contributed by atoms with Crippen molar-refractivity contribution in [1.29, 1.82) is 5.26 Å². The van der Waals surface area contributed by atoms with E-state index in [9.17, 15) is 20.1 Å². The summed E-state index contributed by atoms with van der Waals surface area (Å²) < 4.78 is 5.81. The maximum atomic E-state index is 13.0. The van der Waals surface area contributed by atoms with Crippen molar-refractivity contribution in [3.8, 4) is 6.07 Å². The van der Waals surface area contributed by atoms with Crippen molar-refractivity contribution in [2.75, 3.05) is 12.8 Å². The molecule has 0 bridgehead atoms. The van der Waals surface area contributed by atoms with Gasteiger partial charge in [0, 0.05) is 6.42 Å². The Bertz CT molecular complexity index is 606. The Labute approximate surface area is 194 Å². The van der Waals surface area contributed by atoms with Crippen LogP contribution in [-0.4, -0.2) is 81.3 Å². The molecular weight excluding hydrogens is 442 g/mol. The number of unbranched alkanes of at least 4 members (excludes halogenated alkanes) is 2. The summed E-state index contributed by atoms with van der Waals surface area (Å²) in [4.78, 5) is 13.0. The molecule has 2 aliphatic heterocycles. The average molecular weight is 478 g/mol. The number of aliphatic hydroxyl groups is 3. The van der Waals surface area contributed by atoms with Gasteiger partial charge in [0.1, 0.15) is 29.9 Å². The number of ether oxygens (including phenoxy) is 1. The van der Waals surface area contributed by atoms with Gasteiger partial charge in [-0.2, -0.15) is 5.26 Å². The molecule has 2 aliphatic rings. The van der Waals surface area contributed by atoms with E-state index in [1.807, 2.05) is 0 Å². The Morgan fingerprint density at radius 3 is 2.65 bits per heavy atom. The van der Waals surface area contributed by atoms with Gasteiger partial charge in [0.15, 0.2) is 0 Å². The molecule has 5 N–H and O–H groups in total. The van der Waals surface area contributed by atoms with Crippen LogP contribution in [0.15, 0.2) is 0 Å². The normalized spacial score (nSPS) is 36.1. The summed E-state index contributed by atoms with van der Waals surface area (Å²) in [5, 5.41) is 45.1. The number of hydrogen-bond donors (Lipinski definition) is 5. The SMILES string of the molecule is CS[C@H]1O[C@H](C(NC(=O)[C@@H]2CC[C@H](CCCCC#N)CCN2)[C@H](C)Cl)[C@H](O)[C@H](O)[C@H]1O. The van der Waals surface area contributed by atoms with E-state index in [0.29, 0.717) is 18.8 Å². The molecule has 0 aromatic rings. The molecule has 0 spiro atoms. The average Bonchev–Trinajstić information content (AvgIpc) is 2.99. The van der Waals surface area contributed by atoms with Gasteiger partial charge in [-0.3, -0.25) is 4.79 Å². The molecule has 2 rings (SSSR count). The minimum atomic E-state index is -1.39. The minimum absolute atomic E-state index is 0.209. The summed E-state index contributed by atoms with van der Waals surface area (Å²) in [5.41, 5.74) is -0.726. The van der Waals surface area contributed by atoms with E-state index in [2.05, 4.69) is 16.7 Å². The van der Waals surface area contributed by atoms with Gasteiger partial charge in [0.25, 0.3) is 0 Å². The third-order valence-electron chi connectivity index (χ3n) is 6.27. The molecule has 0 aromatic heterocycles. The van der Waals surface area contributed by atoms with Gasteiger partial charge in [0.05, 0.1) is 23.5 Å². The fraction of sp³-hybridized carbons (Fsp3) is 0.905. The minimum Gasteiger partial charge on any atom is -0.388 e. The predicted molar refractivity (Wildman–Crippen MR) is 121 cm³/mol. The molecule has 0 radical (unpaired) electrons. The first kappa shape index (κ1) is 26.7. The monoisotopic (exact) mass is 477 g/mol. The Hall–Kier alpha value is -0.600. The van der Waals surface area contributed by atoms with Crippen molar-refractivity contribution in [3.63, 3.8) is 0 Å². The summed E-state index contributed by atoms with van der Waals surface area (Å²) >= 11 is 7.56. The van der Waals surface area contributed by atoms with E-state index in [1.165, 1.54) is 11.8 Å². The van der Waals surface area contributed by atoms with Crippen molar-refractivity contribution in [2.24, 2.45) is 5.92 Å². The number of nitriles is 1. The number of aliphatic hydroxyl groups excluding tert-OH is 3. The van der Waals surface area contributed by atoms with E-state index in [4.69, 9.17) is 21.6 Å². The molecular formula is C21H36ClN3O5S. The third kappa shape index (κ3) is 7.46. The molecule has 31 heavy (non-hydrogen) atoms. The van der Waals surface area contributed by atoms with Crippen LogP contribution in [-0.2, 0) is 9.53 Å². The number of carbonyl (C=O) groups is 1. The molecule has 1 unspecified atom stereocenters. The van der Waals surface area contributed by atoms with Gasteiger partial charge < -0.3 is 30.7 Å². The molecule has 0 saturated carbocycles. The van der Waals surface area contributed by atoms with Crippen molar-refractivity contribution in [1.82, 2.24) is 10.6 Å². The molecule has 2 saturated heterocycles. The predicted octanol–water partition coefficient (Wildman–Crippen LogP) is 1.11. The van der Waals surface area contributed by atoms with Crippen LogP contribution in [0.25, 0.3) is 0 Å². The highest BCUT2D eigenvalue weighted by Crippen LogP contribution is 2.30. The van der Waals surface area contributed by atoms with Gasteiger partial charge in [-0.15, -0.1) is 23.4 Å². The van der Waals surface area contributed by atoms with Gasteiger partial charge in [-0.1, -0.05) is 12.8 Å². The van der Waals surface area contributed by atoms with Gasteiger partial charge in [-0.25, -0.2) is 0 Å². The lowest BCUT2D eigenvalue weighted by Gasteiger charge is -2.44. The lowest BCUT2D eigenvalue weighted by Crippen LogP contribution is -2.65. The molecule has 10 heteroatoms. The second-order valence-corrected chi connectivity index (χ2v) is 10.2. The zero-order chi connectivity index (χ0) is 23.0. The lowest BCUT2D eigenvalue weighted by atomic mass is 9.92. The Balaban J connectivity index is 1.95. The number of carbonyl (C=O) groups excluding carboxylic acids is 1. The van der Waals surface area contributed by atoms with Gasteiger partial charge >= 0.3 is 0 Å². The van der Waals surface area contributed by atoms with E-state index >= 15 is 0 Å². The molecule has 178 valence electrons.